The molecule has 0 saturated heterocycles. The van der Waals surface area contributed by atoms with E-state index in [1.54, 1.807) is 19.1 Å². The van der Waals surface area contributed by atoms with E-state index in [1.807, 2.05) is 37.3 Å². The Labute approximate surface area is 118 Å². The third kappa shape index (κ3) is 2.73. The number of halogens is 2. The maximum absolute atomic E-state index is 14.2. The molecule has 0 saturated carbocycles. The van der Waals surface area contributed by atoms with E-state index in [1.165, 1.54) is 0 Å². The number of benzene rings is 2. The van der Waals surface area contributed by atoms with Crippen LogP contribution in [0.5, 0.6) is 0 Å². The van der Waals surface area contributed by atoms with Gasteiger partial charge in [0, 0.05) is 11.1 Å². The van der Waals surface area contributed by atoms with Crippen molar-refractivity contribution in [2.75, 3.05) is 0 Å². The molecule has 20 heavy (non-hydrogen) atoms. The molecule has 0 aliphatic carbocycles. The van der Waals surface area contributed by atoms with Gasteiger partial charge >= 0.3 is 0 Å². The molecule has 0 radical (unpaired) electrons. The van der Waals surface area contributed by atoms with E-state index < -0.39 is 17.2 Å². The summed E-state index contributed by atoms with van der Waals surface area (Å²) in [7, 11) is 0. The van der Waals surface area contributed by atoms with Gasteiger partial charge in [0.05, 0.1) is 0 Å². The summed E-state index contributed by atoms with van der Waals surface area (Å²) < 4.78 is 28.0. The number of hydrogen-bond donors (Lipinski definition) is 1. The summed E-state index contributed by atoms with van der Waals surface area (Å²) in [6.07, 6.45) is 1.01. The van der Waals surface area contributed by atoms with Crippen LogP contribution in [0.25, 0.3) is 0 Å². The normalized spacial score (nSPS) is 14.1. The third-order valence-electron chi connectivity index (χ3n) is 3.81. The first kappa shape index (κ1) is 14.7. The summed E-state index contributed by atoms with van der Waals surface area (Å²) >= 11 is 0. The number of rotatable bonds is 4. The van der Waals surface area contributed by atoms with Gasteiger partial charge in [-0.3, -0.25) is 0 Å². The monoisotopic (exact) mass is 275 g/mol. The molecule has 0 amide bonds. The van der Waals surface area contributed by atoms with Crippen molar-refractivity contribution in [3.63, 3.8) is 0 Å². The van der Waals surface area contributed by atoms with Gasteiger partial charge in [0.15, 0.2) is 11.6 Å². The van der Waals surface area contributed by atoms with E-state index in [-0.39, 0.29) is 5.56 Å². The highest BCUT2D eigenvalue weighted by atomic mass is 19.2. The second kappa shape index (κ2) is 5.71. The molecule has 1 atom stereocenters. The van der Waals surface area contributed by atoms with Crippen molar-refractivity contribution in [2.24, 2.45) is 5.73 Å². The molecule has 0 spiro atoms. The Morgan fingerprint density at radius 1 is 1.00 bits per heavy atom. The average molecular weight is 275 g/mol. The second-order valence-electron chi connectivity index (χ2n) is 5.23. The van der Waals surface area contributed by atoms with Crippen molar-refractivity contribution < 1.29 is 8.78 Å². The van der Waals surface area contributed by atoms with Crippen LogP contribution in [0.4, 0.5) is 8.78 Å². The first-order chi connectivity index (χ1) is 9.48. The SMILES string of the molecule is CCC(N)(Cc1ccccc1)c1ccc(C)c(F)c1F. The molecule has 0 heterocycles. The molecule has 3 heteroatoms. The summed E-state index contributed by atoms with van der Waals surface area (Å²) in [5.41, 5.74) is 7.01. The van der Waals surface area contributed by atoms with Crippen LogP contribution < -0.4 is 5.73 Å². The summed E-state index contributed by atoms with van der Waals surface area (Å²) in [6.45, 7) is 3.43. The van der Waals surface area contributed by atoms with Crippen LogP contribution in [0.15, 0.2) is 42.5 Å². The van der Waals surface area contributed by atoms with E-state index in [4.69, 9.17) is 5.73 Å². The van der Waals surface area contributed by atoms with Gasteiger partial charge < -0.3 is 5.73 Å². The van der Waals surface area contributed by atoms with Gasteiger partial charge in [-0.1, -0.05) is 49.4 Å². The molecule has 1 nitrogen and oxygen atoms in total. The van der Waals surface area contributed by atoms with Gasteiger partial charge in [0.25, 0.3) is 0 Å². The zero-order chi connectivity index (χ0) is 14.8. The molecule has 106 valence electrons. The molecule has 0 aromatic heterocycles. The summed E-state index contributed by atoms with van der Waals surface area (Å²) in [5.74, 6) is -1.64. The quantitative estimate of drug-likeness (QED) is 0.894. The molecule has 2 aromatic rings. The van der Waals surface area contributed by atoms with Crippen LogP contribution >= 0.6 is 0 Å². The molecule has 2 N–H and O–H groups in total. The lowest BCUT2D eigenvalue weighted by molar-refractivity contribution is 0.387. The zero-order valence-electron chi connectivity index (χ0n) is 11.8. The molecule has 0 aliphatic heterocycles. The minimum absolute atomic E-state index is 0.243. The second-order valence-corrected chi connectivity index (χ2v) is 5.23. The minimum Gasteiger partial charge on any atom is -0.321 e. The first-order valence-corrected chi connectivity index (χ1v) is 6.76. The largest absolute Gasteiger partial charge is 0.321 e. The van der Waals surface area contributed by atoms with Crippen molar-refractivity contribution >= 4 is 0 Å². The predicted octanol–water partition coefficient (Wildman–Crippen LogP) is 4.08. The number of aryl methyl sites for hydroxylation is 1. The van der Waals surface area contributed by atoms with Crippen LogP contribution in [0.1, 0.15) is 30.0 Å². The van der Waals surface area contributed by atoms with Gasteiger partial charge in [0.1, 0.15) is 0 Å². The van der Waals surface area contributed by atoms with Crippen LogP contribution in [-0.4, -0.2) is 0 Å². The summed E-state index contributed by atoms with van der Waals surface area (Å²) in [6, 6.07) is 12.8. The fourth-order valence-corrected chi connectivity index (χ4v) is 2.40. The van der Waals surface area contributed by atoms with Gasteiger partial charge in [-0.25, -0.2) is 8.78 Å². The predicted molar refractivity (Wildman–Crippen MR) is 77.4 cm³/mol. The van der Waals surface area contributed by atoms with E-state index in [9.17, 15) is 8.78 Å². The van der Waals surface area contributed by atoms with Crippen LogP contribution in [-0.2, 0) is 12.0 Å². The molecule has 1 unspecified atom stereocenters. The van der Waals surface area contributed by atoms with Crippen molar-refractivity contribution in [3.8, 4) is 0 Å². The Morgan fingerprint density at radius 3 is 2.25 bits per heavy atom. The van der Waals surface area contributed by atoms with Crippen molar-refractivity contribution in [1.29, 1.82) is 0 Å². The van der Waals surface area contributed by atoms with Gasteiger partial charge in [-0.2, -0.15) is 0 Å². The van der Waals surface area contributed by atoms with Crippen molar-refractivity contribution in [2.45, 2.75) is 32.2 Å². The zero-order valence-corrected chi connectivity index (χ0v) is 11.8. The van der Waals surface area contributed by atoms with E-state index in [0.717, 1.165) is 5.56 Å². The average Bonchev–Trinajstić information content (AvgIpc) is 2.45. The minimum atomic E-state index is -0.903. The molecule has 0 bridgehead atoms. The van der Waals surface area contributed by atoms with Gasteiger partial charge in [-0.05, 0) is 30.9 Å². The Kier molecular flexibility index (Phi) is 4.19. The van der Waals surface area contributed by atoms with Crippen LogP contribution in [0.3, 0.4) is 0 Å². The Hall–Kier alpha value is -1.74. The van der Waals surface area contributed by atoms with Crippen molar-refractivity contribution in [3.05, 3.63) is 70.8 Å². The van der Waals surface area contributed by atoms with Gasteiger partial charge in [0.2, 0.25) is 0 Å². The molecule has 2 rings (SSSR count). The Balaban J connectivity index is 2.43. The lowest BCUT2D eigenvalue weighted by Crippen LogP contribution is -2.39. The number of hydrogen-bond acceptors (Lipinski definition) is 1. The fourth-order valence-electron chi connectivity index (χ4n) is 2.40. The Bertz CT molecular complexity index is 595. The highest BCUT2D eigenvalue weighted by Gasteiger charge is 2.30. The van der Waals surface area contributed by atoms with Crippen molar-refractivity contribution in [1.82, 2.24) is 0 Å². The molecule has 0 aliphatic rings. The fraction of sp³-hybridized carbons (Fsp3) is 0.294. The summed E-state index contributed by atoms with van der Waals surface area (Å²) in [5, 5.41) is 0. The number of nitrogens with two attached hydrogens (primary N) is 1. The molecule has 0 fully saturated rings. The summed E-state index contributed by atoms with van der Waals surface area (Å²) in [4.78, 5) is 0. The lowest BCUT2D eigenvalue weighted by atomic mass is 9.82. The van der Waals surface area contributed by atoms with E-state index >= 15 is 0 Å². The molecule has 2 aromatic carbocycles. The Morgan fingerprint density at radius 2 is 1.65 bits per heavy atom. The maximum atomic E-state index is 14.2. The topological polar surface area (TPSA) is 26.0 Å². The van der Waals surface area contributed by atoms with E-state index in [0.29, 0.717) is 18.4 Å². The van der Waals surface area contributed by atoms with Crippen LogP contribution in [0, 0.1) is 18.6 Å². The maximum Gasteiger partial charge on any atom is 0.164 e. The van der Waals surface area contributed by atoms with Crippen LogP contribution in [0.2, 0.25) is 0 Å². The first-order valence-electron chi connectivity index (χ1n) is 6.76. The lowest BCUT2D eigenvalue weighted by Gasteiger charge is -2.29. The smallest absolute Gasteiger partial charge is 0.164 e. The van der Waals surface area contributed by atoms with Gasteiger partial charge in [-0.15, -0.1) is 0 Å². The third-order valence-corrected chi connectivity index (χ3v) is 3.81. The molecular weight excluding hydrogens is 256 g/mol. The standard InChI is InChI=1S/C17H19F2N/c1-3-17(20,11-13-7-5-4-6-8-13)14-10-9-12(2)15(18)16(14)19/h4-10H,3,11,20H2,1-2H3. The van der Waals surface area contributed by atoms with E-state index in [2.05, 4.69) is 0 Å². The highest BCUT2D eigenvalue weighted by Crippen LogP contribution is 2.30. The highest BCUT2D eigenvalue weighted by molar-refractivity contribution is 5.33. The molecular formula is C17H19F2N.